The summed E-state index contributed by atoms with van der Waals surface area (Å²) in [4.78, 5) is 9.52. The molecule has 1 fully saturated rings. The van der Waals surface area contributed by atoms with E-state index in [1.807, 2.05) is 18.2 Å². The Labute approximate surface area is 140 Å². The monoisotopic (exact) mass is 443 g/mol. The SMILES string of the molecule is CCNc1nc(-c2ccccc2Br)nc(C2CC2)c1I. The number of halogens is 2. The smallest absolute Gasteiger partial charge is 0.162 e. The third-order valence-electron chi connectivity index (χ3n) is 3.30. The minimum absolute atomic E-state index is 0.614. The number of nitrogens with one attached hydrogen (secondary N) is 1. The number of hydrogen-bond donors (Lipinski definition) is 1. The van der Waals surface area contributed by atoms with Crippen molar-refractivity contribution >= 4 is 44.3 Å². The van der Waals surface area contributed by atoms with E-state index in [9.17, 15) is 0 Å². The van der Waals surface area contributed by atoms with E-state index in [1.54, 1.807) is 0 Å². The van der Waals surface area contributed by atoms with Gasteiger partial charge in [-0.1, -0.05) is 34.1 Å². The predicted octanol–water partition coefficient (Wildman–Crippen LogP) is 4.82. The first kappa shape index (κ1) is 14.3. The number of nitrogens with zero attached hydrogens (tertiary/aromatic N) is 2. The Morgan fingerprint density at radius 3 is 2.70 bits per heavy atom. The zero-order chi connectivity index (χ0) is 14.1. The van der Waals surface area contributed by atoms with E-state index >= 15 is 0 Å². The van der Waals surface area contributed by atoms with Crippen molar-refractivity contribution in [2.24, 2.45) is 0 Å². The summed E-state index contributed by atoms with van der Waals surface area (Å²) in [5.41, 5.74) is 2.24. The van der Waals surface area contributed by atoms with E-state index in [0.29, 0.717) is 5.92 Å². The predicted molar refractivity (Wildman–Crippen MR) is 94.0 cm³/mol. The molecule has 0 saturated heterocycles. The van der Waals surface area contributed by atoms with Gasteiger partial charge in [0, 0.05) is 22.5 Å². The molecule has 1 N–H and O–H groups in total. The lowest BCUT2D eigenvalue weighted by molar-refractivity contribution is 0.971. The van der Waals surface area contributed by atoms with Gasteiger partial charge in [0.1, 0.15) is 5.82 Å². The Balaban J connectivity index is 2.13. The summed E-state index contributed by atoms with van der Waals surface area (Å²) in [5.74, 6) is 2.37. The van der Waals surface area contributed by atoms with Crippen LogP contribution in [0, 0.1) is 3.57 Å². The molecule has 1 heterocycles. The van der Waals surface area contributed by atoms with E-state index in [-0.39, 0.29) is 0 Å². The molecule has 1 aliphatic rings. The van der Waals surface area contributed by atoms with Crippen molar-refractivity contribution in [1.29, 1.82) is 0 Å². The second-order valence-electron chi connectivity index (χ2n) is 4.88. The minimum Gasteiger partial charge on any atom is -0.369 e. The van der Waals surface area contributed by atoms with Gasteiger partial charge < -0.3 is 5.32 Å². The molecule has 1 aromatic carbocycles. The molecule has 0 amide bonds. The Morgan fingerprint density at radius 2 is 2.05 bits per heavy atom. The van der Waals surface area contributed by atoms with Crippen molar-refractivity contribution in [3.05, 3.63) is 38.0 Å². The fourth-order valence-corrected chi connectivity index (χ4v) is 3.47. The van der Waals surface area contributed by atoms with Crippen LogP contribution in [0.4, 0.5) is 5.82 Å². The summed E-state index contributed by atoms with van der Waals surface area (Å²) in [6.07, 6.45) is 2.49. The first-order chi connectivity index (χ1) is 9.70. The second kappa shape index (κ2) is 5.97. The summed E-state index contributed by atoms with van der Waals surface area (Å²) < 4.78 is 2.20. The van der Waals surface area contributed by atoms with Crippen LogP contribution in [-0.2, 0) is 0 Å². The van der Waals surface area contributed by atoms with Crippen LogP contribution in [0.3, 0.4) is 0 Å². The highest BCUT2D eigenvalue weighted by atomic mass is 127. The molecule has 0 aliphatic heterocycles. The molecule has 2 aromatic rings. The molecule has 5 heteroatoms. The van der Waals surface area contributed by atoms with Crippen LogP contribution in [-0.4, -0.2) is 16.5 Å². The standard InChI is InChI=1S/C15H15BrIN3/c1-2-18-15-12(17)13(9-7-8-9)19-14(20-15)10-5-3-4-6-11(10)16/h3-6,9H,2,7-8H2,1H3,(H,18,19,20). The molecular formula is C15H15BrIN3. The molecule has 1 saturated carbocycles. The van der Waals surface area contributed by atoms with Crippen molar-refractivity contribution in [1.82, 2.24) is 9.97 Å². The van der Waals surface area contributed by atoms with Crippen molar-refractivity contribution in [3.8, 4) is 11.4 Å². The number of aromatic nitrogens is 2. The van der Waals surface area contributed by atoms with Crippen molar-refractivity contribution < 1.29 is 0 Å². The van der Waals surface area contributed by atoms with E-state index in [1.165, 1.54) is 22.1 Å². The van der Waals surface area contributed by atoms with Crippen LogP contribution in [0.1, 0.15) is 31.4 Å². The van der Waals surface area contributed by atoms with Crippen LogP contribution in [0.25, 0.3) is 11.4 Å². The van der Waals surface area contributed by atoms with Crippen molar-refractivity contribution in [3.63, 3.8) is 0 Å². The van der Waals surface area contributed by atoms with Crippen molar-refractivity contribution in [2.45, 2.75) is 25.7 Å². The minimum atomic E-state index is 0.614. The van der Waals surface area contributed by atoms with Gasteiger partial charge in [-0.3, -0.25) is 0 Å². The highest BCUT2D eigenvalue weighted by Crippen LogP contribution is 2.43. The zero-order valence-electron chi connectivity index (χ0n) is 11.2. The third-order valence-corrected chi connectivity index (χ3v) is 5.05. The van der Waals surface area contributed by atoms with Gasteiger partial charge in [0.15, 0.2) is 5.82 Å². The zero-order valence-corrected chi connectivity index (χ0v) is 14.9. The highest BCUT2D eigenvalue weighted by Gasteiger charge is 2.29. The number of anilines is 1. The fraction of sp³-hybridized carbons (Fsp3) is 0.333. The van der Waals surface area contributed by atoms with Gasteiger partial charge >= 0.3 is 0 Å². The Bertz CT molecular complexity index is 641. The average molecular weight is 444 g/mol. The summed E-state index contributed by atoms with van der Waals surface area (Å²) in [7, 11) is 0. The highest BCUT2D eigenvalue weighted by molar-refractivity contribution is 14.1. The molecule has 104 valence electrons. The topological polar surface area (TPSA) is 37.8 Å². The Hall–Kier alpha value is -0.690. The second-order valence-corrected chi connectivity index (χ2v) is 6.81. The molecule has 1 aromatic heterocycles. The van der Waals surface area contributed by atoms with E-state index in [2.05, 4.69) is 56.8 Å². The third kappa shape index (κ3) is 2.83. The summed E-state index contributed by atoms with van der Waals surface area (Å²) in [6, 6.07) is 8.11. The summed E-state index contributed by atoms with van der Waals surface area (Å²) in [6.45, 7) is 2.96. The maximum Gasteiger partial charge on any atom is 0.162 e. The molecule has 0 spiro atoms. The molecule has 20 heavy (non-hydrogen) atoms. The Morgan fingerprint density at radius 1 is 1.30 bits per heavy atom. The van der Waals surface area contributed by atoms with Gasteiger partial charge in [-0.25, -0.2) is 9.97 Å². The maximum absolute atomic E-state index is 4.82. The van der Waals surface area contributed by atoms with Crippen molar-refractivity contribution in [2.75, 3.05) is 11.9 Å². The van der Waals surface area contributed by atoms with Crippen LogP contribution in [0.5, 0.6) is 0 Å². The van der Waals surface area contributed by atoms with Gasteiger partial charge in [0.2, 0.25) is 0 Å². The van der Waals surface area contributed by atoms with Gasteiger partial charge in [0.05, 0.1) is 9.26 Å². The largest absolute Gasteiger partial charge is 0.369 e. The maximum atomic E-state index is 4.82. The van der Waals surface area contributed by atoms with E-state index in [0.717, 1.165) is 28.2 Å². The van der Waals surface area contributed by atoms with Crippen LogP contribution in [0.2, 0.25) is 0 Å². The first-order valence-corrected chi connectivity index (χ1v) is 8.64. The number of rotatable bonds is 4. The molecule has 1 aliphatic carbocycles. The lowest BCUT2D eigenvalue weighted by atomic mass is 10.2. The average Bonchev–Trinajstić information content (AvgIpc) is 3.26. The van der Waals surface area contributed by atoms with Gasteiger partial charge in [-0.15, -0.1) is 0 Å². The van der Waals surface area contributed by atoms with Crippen LogP contribution >= 0.6 is 38.5 Å². The molecule has 3 nitrogen and oxygen atoms in total. The van der Waals surface area contributed by atoms with Crippen LogP contribution < -0.4 is 5.32 Å². The lowest BCUT2D eigenvalue weighted by Crippen LogP contribution is -2.07. The van der Waals surface area contributed by atoms with Gasteiger partial charge in [0.25, 0.3) is 0 Å². The number of hydrogen-bond acceptors (Lipinski definition) is 3. The molecule has 0 radical (unpaired) electrons. The Kier molecular flexibility index (Phi) is 4.26. The molecule has 0 bridgehead atoms. The van der Waals surface area contributed by atoms with E-state index < -0.39 is 0 Å². The lowest BCUT2D eigenvalue weighted by Gasteiger charge is -2.12. The molecule has 0 atom stereocenters. The quantitative estimate of drug-likeness (QED) is 0.688. The van der Waals surface area contributed by atoms with Crippen LogP contribution in [0.15, 0.2) is 28.7 Å². The first-order valence-electron chi connectivity index (χ1n) is 6.77. The van der Waals surface area contributed by atoms with Gasteiger partial charge in [-0.05, 0) is 48.4 Å². The molecular weight excluding hydrogens is 429 g/mol. The summed E-state index contributed by atoms with van der Waals surface area (Å²) in [5, 5.41) is 3.35. The summed E-state index contributed by atoms with van der Waals surface area (Å²) >= 11 is 5.96. The van der Waals surface area contributed by atoms with E-state index in [4.69, 9.17) is 9.97 Å². The molecule has 0 unspecified atom stereocenters. The molecule has 3 rings (SSSR count). The number of benzene rings is 1. The normalized spacial score (nSPS) is 14.3. The fourth-order valence-electron chi connectivity index (χ4n) is 2.14. The van der Waals surface area contributed by atoms with Gasteiger partial charge in [-0.2, -0.15) is 0 Å².